The van der Waals surface area contributed by atoms with Crippen molar-refractivity contribution in [2.24, 2.45) is 5.92 Å². The highest BCUT2D eigenvalue weighted by atomic mass is 16.5. The molecule has 0 N–H and O–H groups in total. The first-order valence-corrected chi connectivity index (χ1v) is 11.4. The van der Waals surface area contributed by atoms with Crippen LogP contribution in [0.5, 0.6) is 5.75 Å². The minimum Gasteiger partial charge on any atom is -0.489 e. The van der Waals surface area contributed by atoms with Gasteiger partial charge in [0.25, 0.3) is 0 Å². The number of ether oxygens (including phenoxy) is 1. The molecule has 0 saturated carbocycles. The summed E-state index contributed by atoms with van der Waals surface area (Å²) >= 11 is 0. The molecule has 5 nitrogen and oxygen atoms in total. The van der Waals surface area contributed by atoms with Crippen LogP contribution in [0.25, 0.3) is 0 Å². The number of rotatable bonds is 6. The van der Waals surface area contributed by atoms with Gasteiger partial charge in [0.15, 0.2) is 0 Å². The van der Waals surface area contributed by atoms with E-state index in [0.29, 0.717) is 18.7 Å². The maximum absolute atomic E-state index is 5.90. The van der Waals surface area contributed by atoms with Gasteiger partial charge in [-0.15, -0.1) is 0 Å². The molecule has 2 bridgehead atoms. The van der Waals surface area contributed by atoms with Gasteiger partial charge >= 0.3 is 0 Å². The lowest BCUT2D eigenvalue weighted by molar-refractivity contribution is 0.164. The first-order valence-electron chi connectivity index (χ1n) is 11.4. The molecule has 0 radical (unpaired) electrons. The summed E-state index contributed by atoms with van der Waals surface area (Å²) in [6.45, 7) is 9.72. The second-order valence-electron chi connectivity index (χ2n) is 9.10. The predicted molar refractivity (Wildman–Crippen MR) is 120 cm³/mol. The molecular weight excluding hydrogens is 372 g/mol. The van der Waals surface area contributed by atoms with E-state index in [0.717, 1.165) is 43.7 Å². The number of piperidine rings is 1. The third kappa shape index (κ3) is 3.71. The lowest BCUT2D eigenvalue weighted by Crippen LogP contribution is -2.39. The van der Waals surface area contributed by atoms with Gasteiger partial charge in [0.05, 0.1) is 5.69 Å². The fraction of sp³-hybridized carbons (Fsp3) is 0.520. The number of nitrogens with zero attached hydrogens (tertiary/aromatic N) is 4. The Kier molecular flexibility index (Phi) is 5.47. The van der Waals surface area contributed by atoms with E-state index in [4.69, 9.17) is 14.7 Å². The fourth-order valence-electron chi connectivity index (χ4n) is 5.45. The lowest BCUT2D eigenvalue weighted by Gasteiger charge is -2.37. The van der Waals surface area contributed by atoms with E-state index in [1.807, 2.05) is 6.07 Å². The summed E-state index contributed by atoms with van der Waals surface area (Å²) in [7, 11) is 0. The molecule has 3 atom stereocenters. The summed E-state index contributed by atoms with van der Waals surface area (Å²) in [6.07, 6.45) is 9.93. The molecular formula is C25H32N4O. The van der Waals surface area contributed by atoms with Crippen molar-refractivity contribution in [3.8, 4) is 5.75 Å². The first kappa shape index (κ1) is 19.6. The van der Waals surface area contributed by atoms with Gasteiger partial charge in [-0.1, -0.05) is 37.8 Å². The highest BCUT2D eigenvalue weighted by Crippen LogP contribution is 2.44. The number of para-hydroxylation sites is 1. The van der Waals surface area contributed by atoms with Crippen LogP contribution in [0, 0.1) is 5.92 Å². The summed E-state index contributed by atoms with van der Waals surface area (Å²) in [5.74, 6) is 2.64. The Morgan fingerprint density at radius 1 is 1.23 bits per heavy atom. The van der Waals surface area contributed by atoms with Crippen LogP contribution in [0.1, 0.15) is 55.5 Å². The number of benzene rings is 1. The van der Waals surface area contributed by atoms with Gasteiger partial charge in [0, 0.05) is 55.5 Å². The maximum Gasteiger partial charge on any atom is 0.225 e. The van der Waals surface area contributed by atoms with Gasteiger partial charge in [0.2, 0.25) is 5.95 Å². The molecule has 3 aliphatic rings. The molecule has 0 spiro atoms. The van der Waals surface area contributed by atoms with E-state index in [9.17, 15) is 0 Å². The topological polar surface area (TPSA) is 41.5 Å². The van der Waals surface area contributed by atoms with Crippen molar-refractivity contribution in [3.05, 3.63) is 59.9 Å². The second-order valence-corrected chi connectivity index (χ2v) is 9.10. The SMILES string of the molecule is C=CCOc1ccccc1CN1[C@H]2CC[C@H]1c1cnc(N3CCC[C@H](C)C3)nc1C2. The van der Waals surface area contributed by atoms with E-state index in [1.165, 1.54) is 42.5 Å². The van der Waals surface area contributed by atoms with E-state index >= 15 is 0 Å². The average molecular weight is 405 g/mol. The number of anilines is 1. The first-order chi connectivity index (χ1) is 14.7. The molecule has 5 rings (SSSR count). The van der Waals surface area contributed by atoms with Crippen molar-refractivity contribution in [3.63, 3.8) is 0 Å². The standard InChI is InChI=1S/C25H32N4O/c1-3-13-30-24-9-5-4-8-19(24)17-29-20-10-11-23(29)21-15-26-25(27-22(21)14-20)28-12-6-7-18(2)16-28/h3-5,8-9,15,18,20,23H,1,6-7,10-14,16-17H2,2H3/t18-,20-,23-/m0/s1. The molecule has 1 aromatic heterocycles. The Morgan fingerprint density at radius 2 is 2.13 bits per heavy atom. The van der Waals surface area contributed by atoms with Crippen LogP contribution in [0.4, 0.5) is 5.95 Å². The zero-order valence-electron chi connectivity index (χ0n) is 18.0. The average Bonchev–Trinajstić information content (AvgIpc) is 3.04. The number of aromatic nitrogens is 2. The Morgan fingerprint density at radius 3 is 3.00 bits per heavy atom. The van der Waals surface area contributed by atoms with Crippen LogP contribution >= 0.6 is 0 Å². The van der Waals surface area contributed by atoms with Crippen LogP contribution in [0.3, 0.4) is 0 Å². The van der Waals surface area contributed by atoms with Crippen molar-refractivity contribution in [2.45, 2.75) is 57.7 Å². The highest BCUT2D eigenvalue weighted by molar-refractivity contribution is 5.39. The summed E-state index contributed by atoms with van der Waals surface area (Å²) < 4.78 is 5.90. The Hall–Kier alpha value is -2.40. The number of fused-ring (bicyclic) bond motifs is 4. The zero-order chi connectivity index (χ0) is 20.5. The summed E-state index contributed by atoms with van der Waals surface area (Å²) in [4.78, 5) is 14.9. The van der Waals surface area contributed by atoms with Gasteiger partial charge in [0.1, 0.15) is 12.4 Å². The van der Waals surface area contributed by atoms with Gasteiger partial charge in [-0.3, -0.25) is 4.90 Å². The van der Waals surface area contributed by atoms with Gasteiger partial charge < -0.3 is 9.64 Å². The van der Waals surface area contributed by atoms with E-state index in [2.05, 4.69) is 47.7 Å². The maximum atomic E-state index is 5.90. The Bertz CT molecular complexity index is 914. The predicted octanol–water partition coefficient (Wildman–Crippen LogP) is 4.54. The Balaban J connectivity index is 1.37. The number of hydrogen-bond donors (Lipinski definition) is 0. The van der Waals surface area contributed by atoms with Crippen LogP contribution in [0.2, 0.25) is 0 Å². The molecule has 2 aromatic rings. The van der Waals surface area contributed by atoms with Gasteiger partial charge in [-0.2, -0.15) is 0 Å². The molecule has 5 heteroatoms. The van der Waals surface area contributed by atoms with Crippen LogP contribution in [0.15, 0.2) is 43.1 Å². The molecule has 2 saturated heterocycles. The van der Waals surface area contributed by atoms with Crippen LogP contribution in [-0.4, -0.2) is 40.6 Å². The summed E-state index contributed by atoms with van der Waals surface area (Å²) in [5, 5.41) is 0. The van der Waals surface area contributed by atoms with Gasteiger partial charge in [-0.05, 0) is 37.7 Å². The van der Waals surface area contributed by atoms with Crippen molar-refractivity contribution in [2.75, 3.05) is 24.6 Å². The monoisotopic (exact) mass is 404 g/mol. The Labute approximate surface area is 179 Å². The highest BCUT2D eigenvalue weighted by Gasteiger charge is 2.41. The fourth-order valence-corrected chi connectivity index (χ4v) is 5.45. The normalized spacial score (nSPS) is 25.8. The second kappa shape index (κ2) is 8.38. The third-order valence-corrected chi connectivity index (χ3v) is 6.94. The zero-order valence-corrected chi connectivity index (χ0v) is 18.0. The molecule has 1 aromatic carbocycles. The number of hydrogen-bond acceptors (Lipinski definition) is 5. The van der Waals surface area contributed by atoms with Crippen molar-refractivity contribution >= 4 is 5.95 Å². The minimum atomic E-state index is 0.417. The molecule has 2 fully saturated rings. The smallest absolute Gasteiger partial charge is 0.225 e. The van der Waals surface area contributed by atoms with Crippen molar-refractivity contribution in [1.29, 1.82) is 0 Å². The molecule has 3 aliphatic heterocycles. The van der Waals surface area contributed by atoms with E-state index in [-0.39, 0.29) is 0 Å². The van der Waals surface area contributed by atoms with E-state index < -0.39 is 0 Å². The lowest BCUT2D eigenvalue weighted by atomic mass is 9.98. The molecule has 0 unspecified atom stereocenters. The third-order valence-electron chi connectivity index (χ3n) is 6.94. The molecule has 30 heavy (non-hydrogen) atoms. The molecule has 158 valence electrons. The van der Waals surface area contributed by atoms with Crippen molar-refractivity contribution < 1.29 is 4.74 Å². The van der Waals surface area contributed by atoms with Crippen LogP contribution < -0.4 is 9.64 Å². The summed E-state index contributed by atoms with van der Waals surface area (Å²) in [6, 6.07) is 9.36. The minimum absolute atomic E-state index is 0.417. The van der Waals surface area contributed by atoms with E-state index in [1.54, 1.807) is 6.08 Å². The summed E-state index contributed by atoms with van der Waals surface area (Å²) in [5.41, 5.74) is 3.86. The molecule has 0 aliphatic carbocycles. The largest absolute Gasteiger partial charge is 0.489 e. The van der Waals surface area contributed by atoms with Crippen molar-refractivity contribution in [1.82, 2.24) is 14.9 Å². The van der Waals surface area contributed by atoms with Gasteiger partial charge in [-0.25, -0.2) is 9.97 Å². The quantitative estimate of drug-likeness (QED) is 0.661. The molecule has 0 amide bonds. The van der Waals surface area contributed by atoms with Crippen LogP contribution in [-0.2, 0) is 13.0 Å². The molecule has 4 heterocycles.